The van der Waals surface area contributed by atoms with Crippen molar-refractivity contribution in [3.63, 3.8) is 0 Å². The van der Waals surface area contributed by atoms with E-state index in [1.807, 2.05) is 0 Å². The third kappa shape index (κ3) is 8.98. The van der Waals surface area contributed by atoms with E-state index >= 15 is 0 Å². The maximum absolute atomic E-state index is 14.5. The van der Waals surface area contributed by atoms with Crippen molar-refractivity contribution in [2.45, 2.75) is 20.8 Å². The molecular weight excluding hydrogens is 570 g/mol. The Balaban J connectivity index is 1.58. The molecule has 0 radical (unpaired) electrons. The number of ether oxygens (including phenoxy) is 6. The molecule has 0 bridgehead atoms. The highest BCUT2D eigenvalue weighted by Gasteiger charge is 2.19. The van der Waals surface area contributed by atoms with Crippen LogP contribution in [0.25, 0.3) is 0 Å². The molecule has 43 heavy (non-hydrogen) atoms. The van der Waals surface area contributed by atoms with Crippen LogP contribution in [0.2, 0.25) is 0 Å². The van der Waals surface area contributed by atoms with Crippen molar-refractivity contribution in [1.29, 1.82) is 0 Å². The Morgan fingerprint density at radius 3 is 1.51 bits per heavy atom. The van der Waals surface area contributed by atoms with Gasteiger partial charge < -0.3 is 28.4 Å². The summed E-state index contributed by atoms with van der Waals surface area (Å²) in [6, 6.07) is 10.7. The van der Waals surface area contributed by atoms with Crippen molar-refractivity contribution < 1.29 is 56.4 Å². The molecular formula is C31H26F2O10. The molecule has 224 valence electrons. The van der Waals surface area contributed by atoms with Crippen molar-refractivity contribution in [3.8, 4) is 23.0 Å². The van der Waals surface area contributed by atoms with Crippen LogP contribution >= 0.6 is 0 Å². The SMILES string of the molecule is C=C(C)C(=O)OCOc1ccc(C(=O)Oc2ccc(OC(=O)c3ccc(OCOC(=O)C(=C)C)cc3F)c(C)c2)c(F)c1. The van der Waals surface area contributed by atoms with Crippen LogP contribution in [-0.4, -0.2) is 37.5 Å². The second-order valence-corrected chi connectivity index (χ2v) is 8.94. The molecule has 3 aromatic carbocycles. The Labute approximate surface area is 245 Å². The van der Waals surface area contributed by atoms with Crippen LogP contribution in [0.4, 0.5) is 8.78 Å². The minimum absolute atomic E-state index is 0.00766. The first-order chi connectivity index (χ1) is 20.3. The van der Waals surface area contributed by atoms with Gasteiger partial charge in [0.05, 0.1) is 11.1 Å². The summed E-state index contributed by atoms with van der Waals surface area (Å²) < 4.78 is 59.4. The lowest BCUT2D eigenvalue weighted by Crippen LogP contribution is -2.13. The lowest BCUT2D eigenvalue weighted by Gasteiger charge is -2.12. The fourth-order valence-electron chi connectivity index (χ4n) is 3.17. The third-order valence-electron chi connectivity index (χ3n) is 5.41. The van der Waals surface area contributed by atoms with Crippen molar-refractivity contribution in [2.75, 3.05) is 13.6 Å². The summed E-state index contributed by atoms with van der Waals surface area (Å²) in [5, 5.41) is 0. The zero-order valence-electron chi connectivity index (χ0n) is 23.4. The molecule has 0 saturated heterocycles. The summed E-state index contributed by atoms with van der Waals surface area (Å²) in [6.45, 7) is 10.3. The van der Waals surface area contributed by atoms with Crippen LogP contribution in [0.15, 0.2) is 78.9 Å². The molecule has 3 aromatic rings. The lowest BCUT2D eigenvalue weighted by molar-refractivity contribution is -0.146. The first-order valence-corrected chi connectivity index (χ1v) is 12.4. The molecule has 0 N–H and O–H groups in total. The normalized spacial score (nSPS) is 10.3. The van der Waals surface area contributed by atoms with Crippen LogP contribution in [-0.2, 0) is 19.1 Å². The molecule has 3 rings (SSSR count). The van der Waals surface area contributed by atoms with Crippen molar-refractivity contribution in [3.05, 3.63) is 107 Å². The first-order valence-electron chi connectivity index (χ1n) is 12.4. The molecule has 12 heteroatoms. The quantitative estimate of drug-likeness (QED) is 0.113. The Kier molecular flexibility index (Phi) is 10.7. The lowest BCUT2D eigenvalue weighted by atomic mass is 10.2. The molecule has 0 heterocycles. The van der Waals surface area contributed by atoms with E-state index in [2.05, 4.69) is 13.2 Å². The smallest absolute Gasteiger partial charge is 0.346 e. The molecule has 0 unspecified atom stereocenters. The maximum Gasteiger partial charge on any atom is 0.346 e. The summed E-state index contributed by atoms with van der Waals surface area (Å²) in [7, 11) is 0. The van der Waals surface area contributed by atoms with Gasteiger partial charge in [-0.05, 0) is 68.8 Å². The summed E-state index contributed by atoms with van der Waals surface area (Å²) >= 11 is 0. The maximum atomic E-state index is 14.5. The van der Waals surface area contributed by atoms with Crippen molar-refractivity contribution in [1.82, 2.24) is 0 Å². The number of esters is 4. The van der Waals surface area contributed by atoms with Gasteiger partial charge in [0.1, 0.15) is 34.6 Å². The molecule has 0 aliphatic carbocycles. The predicted octanol–water partition coefficient (Wildman–Crippen LogP) is 5.62. The number of benzene rings is 3. The molecule has 0 amide bonds. The third-order valence-corrected chi connectivity index (χ3v) is 5.41. The van der Waals surface area contributed by atoms with Gasteiger partial charge >= 0.3 is 23.9 Å². The molecule has 0 spiro atoms. The van der Waals surface area contributed by atoms with Crippen LogP contribution < -0.4 is 18.9 Å². The van der Waals surface area contributed by atoms with E-state index in [-0.39, 0.29) is 34.1 Å². The number of aryl methyl sites for hydroxylation is 1. The number of halogens is 2. The molecule has 0 atom stereocenters. The summed E-state index contributed by atoms with van der Waals surface area (Å²) in [5.74, 6) is -5.17. The van der Waals surface area contributed by atoms with Gasteiger partial charge in [-0.1, -0.05) is 13.2 Å². The Bertz CT molecular complexity index is 1600. The molecule has 0 aromatic heterocycles. The molecule has 0 fully saturated rings. The monoisotopic (exact) mass is 596 g/mol. The minimum atomic E-state index is -1.01. The molecule has 10 nitrogen and oxygen atoms in total. The van der Waals surface area contributed by atoms with Crippen molar-refractivity contribution >= 4 is 23.9 Å². The highest BCUT2D eigenvalue weighted by Crippen LogP contribution is 2.27. The van der Waals surface area contributed by atoms with Gasteiger partial charge in [-0.2, -0.15) is 0 Å². The second-order valence-electron chi connectivity index (χ2n) is 8.94. The average molecular weight is 597 g/mol. The number of carbonyl (C=O) groups is 4. The zero-order valence-corrected chi connectivity index (χ0v) is 23.4. The summed E-state index contributed by atoms with van der Waals surface area (Å²) in [4.78, 5) is 47.8. The Hall–Kier alpha value is -5.52. The largest absolute Gasteiger partial charge is 0.457 e. The Morgan fingerprint density at radius 2 is 1.09 bits per heavy atom. The van der Waals surface area contributed by atoms with E-state index in [9.17, 15) is 28.0 Å². The van der Waals surface area contributed by atoms with Crippen LogP contribution in [0.3, 0.4) is 0 Å². The van der Waals surface area contributed by atoms with Crippen molar-refractivity contribution in [2.24, 2.45) is 0 Å². The fraction of sp³-hybridized carbons (Fsp3) is 0.161. The number of hydrogen-bond acceptors (Lipinski definition) is 10. The minimum Gasteiger partial charge on any atom is -0.457 e. The molecule has 0 saturated carbocycles. The topological polar surface area (TPSA) is 124 Å². The van der Waals surface area contributed by atoms with Gasteiger partial charge in [0.25, 0.3) is 0 Å². The van der Waals surface area contributed by atoms with Gasteiger partial charge in [0.15, 0.2) is 0 Å². The molecule has 0 aliphatic heterocycles. The Morgan fingerprint density at radius 1 is 0.651 bits per heavy atom. The van der Waals surface area contributed by atoms with E-state index in [1.54, 1.807) is 6.92 Å². The van der Waals surface area contributed by atoms with E-state index in [0.717, 1.165) is 24.3 Å². The highest BCUT2D eigenvalue weighted by molar-refractivity contribution is 5.92. The number of carbonyl (C=O) groups excluding carboxylic acids is 4. The second kappa shape index (κ2) is 14.4. The standard InChI is InChI=1S/C31H26F2O10/c1-17(2)28(34)40-15-38-20-6-9-23(25(32)13-20)30(36)42-22-8-11-27(19(5)12-22)43-31(37)24-10-7-21(14-26(24)33)39-16-41-29(35)18(3)4/h6-14H,1,3,15-16H2,2,4-5H3. The van der Waals surface area contributed by atoms with Crippen LogP contribution in [0.5, 0.6) is 23.0 Å². The fourth-order valence-corrected chi connectivity index (χ4v) is 3.17. The number of rotatable bonds is 12. The average Bonchev–Trinajstić information content (AvgIpc) is 2.94. The van der Waals surface area contributed by atoms with Gasteiger partial charge in [-0.25, -0.2) is 28.0 Å². The van der Waals surface area contributed by atoms with E-state index in [0.29, 0.717) is 5.56 Å². The van der Waals surface area contributed by atoms with Gasteiger partial charge in [0, 0.05) is 23.3 Å². The van der Waals surface area contributed by atoms with E-state index in [4.69, 9.17) is 28.4 Å². The van der Waals surface area contributed by atoms with Gasteiger partial charge in [-0.15, -0.1) is 0 Å². The summed E-state index contributed by atoms with van der Waals surface area (Å²) in [5.41, 5.74) is -0.0922. The van der Waals surface area contributed by atoms with Gasteiger partial charge in [0.2, 0.25) is 13.6 Å². The zero-order chi connectivity index (χ0) is 31.7. The summed E-state index contributed by atoms with van der Waals surface area (Å²) in [6.07, 6.45) is 0. The molecule has 0 aliphatic rings. The van der Waals surface area contributed by atoms with Crippen LogP contribution in [0, 0.1) is 18.6 Å². The number of hydrogen-bond donors (Lipinski definition) is 0. The van der Waals surface area contributed by atoms with E-state index in [1.165, 1.54) is 44.2 Å². The highest BCUT2D eigenvalue weighted by atomic mass is 19.1. The first kappa shape index (κ1) is 32.0. The van der Waals surface area contributed by atoms with E-state index < -0.39 is 60.2 Å². The predicted molar refractivity (Wildman–Crippen MR) is 147 cm³/mol. The van der Waals surface area contributed by atoms with Gasteiger partial charge in [-0.3, -0.25) is 0 Å². The van der Waals surface area contributed by atoms with Crippen LogP contribution in [0.1, 0.15) is 40.1 Å².